The van der Waals surface area contributed by atoms with Gasteiger partial charge in [0.25, 0.3) is 0 Å². The van der Waals surface area contributed by atoms with Crippen molar-refractivity contribution in [3.05, 3.63) is 36.3 Å². The lowest BCUT2D eigenvalue weighted by Crippen LogP contribution is -2.37. The fraction of sp³-hybridized carbons (Fsp3) is 0.500. The molecular formula is C14H17N3O. The fourth-order valence-corrected chi connectivity index (χ4v) is 3.16. The number of pyridine rings is 1. The molecular weight excluding hydrogens is 226 g/mol. The highest BCUT2D eigenvalue weighted by Crippen LogP contribution is 2.34. The van der Waals surface area contributed by atoms with E-state index >= 15 is 0 Å². The number of ether oxygens (including phenoxy) is 1. The van der Waals surface area contributed by atoms with Crippen LogP contribution in [0.25, 0.3) is 5.65 Å². The summed E-state index contributed by atoms with van der Waals surface area (Å²) < 4.78 is 7.91. The number of aromatic nitrogens is 2. The van der Waals surface area contributed by atoms with E-state index in [2.05, 4.69) is 20.9 Å². The molecule has 18 heavy (non-hydrogen) atoms. The lowest BCUT2D eigenvalue weighted by Gasteiger charge is -2.19. The van der Waals surface area contributed by atoms with Gasteiger partial charge in [-0.1, -0.05) is 6.07 Å². The molecule has 2 aliphatic rings. The van der Waals surface area contributed by atoms with Crippen molar-refractivity contribution in [2.24, 2.45) is 0 Å². The van der Waals surface area contributed by atoms with Crippen LogP contribution in [0.1, 0.15) is 25.0 Å². The third-order valence-electron chi connectivity index (χ3n) is 4.07. The van der Waals surface area contributed by atoms with Crippen LogP contribution in [0.4, 0.5) is 0 Å². The van der Waals surface area contributed by atoms with Crippen LogP contribution in [0.3, 0.4) is 0 Å². The van der Waals surface area contributed by atoms with Gasteiger partial charge >= 0.3 is 0 Å². The Labute approximate surface area is 106 Å². The van der Waals surface area contributed by atoms with Gasteiger partial charge in [0.15, 0.2) is 0 Å². The first-order valence-electron chi connectivity index (χ1n) is 6.70. The topological polar surface area (TPSA) is 38.6 Å². The van der Waals surface area contributed by atoms with E-state index in [-0.39, 0.29) is 0 Å². The molecule has 0 radical (unpaired) electrons. The van der Waals surface area contributed by atoms with Gasteiger partial charge in [0, 0.05) is 25.0 Å². The monoisotopic (exact) mass is 243 g/mol. The van der Waals surface area contributed by atoms with E-state index in [0.29, 0.717) is 18.2 Å². The van der Waals surface area contributed by atoms with Crippen molar-refractivity contribution in [1.82, 2.24) is 14.7 Å². The van der Waals surface area contributed by atoms with Gasteiger partial charge in [-0.2, -0.15) is 0 Å². The van der Waals surface area contributed by atoms with Gasteiger partial charge in [0.2, 0.25) is 0 Å². The van der Waals surface area contributed by atoms with Crippen LogP contribution < -0.4 is 5.32 Å². The van der Waals surface area contributed by atoms with Gasteiger partial charge in [-0.15, -0.1) is 0 Å². The van der Waals surface area contributed by atoms with Gasteiger partial charge in [-0.05, 0) is 31.4 Å². The Morgan fingerprint density at radius 1 is 1.39 bits per heavy atom. The van der Waals surface area contributed by atoms with Crippen molar-refractivity contribution >= 4 is 5.65 Å². The number of rotatable bonds is 3. The van der Waals surface area contributed by atoms with Crippen molar-refractivity contribution in [3.63, 3.8) is 0 Å². The summed E-state index contributed by atoms with van der Waals surface area (Å²) in [4.78, 5) is 4.60. The zero-order chi connectivity index (χ0) is 11.9. The van der Waals surface area contributed by atoms with E-state index in [1.807, 2.05) is 24.4 Å². The molecule has 2 saturated heterocycles. The van der Waals surface area contributed by atoms with Crippen molar-refractivity contribution in [1.29, 1.82) is 0 Å². The Bertz CT molecular complexity index is 532. The molecule has 3 atom stereocenters. The predicted molar refractivity (Wildman–Crippen MR) is 68.3 cm³/mol. The quantitative estimate of drug-likeness (QED) is 0.892. The lowest BCUT2D eigenvalue weighted by molar-refractivity contribution is 0.0972. The number of fused-ring (bicyclic) bond motifs is 3. The van der Waals surface area contributed by atoms with Gasteiger partial charge in [0.1, 0.15) is 5.65 Å². The second kappa shape index (κ2) is 4.07. The summed E-state index contributed by atoms with van der Waals surface area (Å²) in [5.41, 5.74) is 2.11. The molecule has 0 aromatic carbocycles. The molecule has 4 heterocycles. The number of nitrogens with one attached hydrogen (secondary N) is 1. The Balaban J connectivity index is 1.45. The van der Waals surface area contributed by atoms with Crippen LogP contribution in [0.2, 0.25) is 0 Å². The van der Waals surface area contributed by atoms with E-state index in [1.165, 1.54) is 12.8 Å². The van der Waals surface area contributed by atoms with Crippen LogP contribution in [-0.4, -0.2) is 27.6 Å². The SMILES string of the molecule is c1ccn2cc(CNC3CC4CCC3O4)nc2c1. The smallest absolute Gasteiger partial charge is 0.137 e. The van der Waals surface area contributed by atoms with Crippen molar-refractivity contribution in [3.8, 4) is 0 Å². The summed E-state index contributed by atoms with van der Waals surface area (Å²) in [5.74, 6) is 0. The predicted octanol–water partition coefficient (Wildman–Crippen LogP) is 1.74. The Morgan fingerprint density at radius 3 is 3.17 bits per heavy atom. The van der Waals surface area contributed by atoms with E-state index in [0.717, 1.165) is 24.3 Å². The molecule has 2 bridgehead atoms. The summed E-state index contributed by atoms with van der Waals surface area (Å²) in [7, 11) is 0. The molecule has 0 spiro atoms. The highest BCUT2D eigenvalue weighted by atomic mass is 16.5. The molecule has 2 aromatic rings. The zero-order valence-electron chi connectivity index (χ0n) is 10.2. The third kappa shape index (κ3) is 1.72. The minimum Gasteiger partial charge on any atom is -0.373 e. The second-order valence-corrected chi connectivity index (χ2v) is 5.30. The number of imidazole rings is 1. The number of hydrogen-bond acceptors (Lipinski definition) is 3. The molecule has 94 valence electrons. The van der Waals surface area contributed by atoms with E-state index in [1.54, 1.807) is 0 Å². The molecule has 0 saturated carbocycles. The fourth-order valence-electron chi connectivity index (χ4n) is 3.16. The van der Waals surface area contributed by atoms with Crippen LogP contribution >= 0.6 is 0 Å². The average molecular weight is 243 g/mol. The molecule has 0 aliphatic carbocycles. The summed E-state index contributed by atoms with van der Waals surface area (Å²) >= 11 is 0. The number of nitrogens with zero attached hydrogens (tertiary/aromatic N) is 2. The first-order chi connectivity index (χ1) is 8.88. The molecule has 2 aromatic heterocycles. The van der Waals surface area contributed by atoms with Crippen LogP contribution in [0.5, 0.6) is 0 Å². The summed E-state index contributed by atoms with van der Waals surface area (Å²) in [6, 6.07) is 6.59. The Kier molecular flexibility index (Phi) is 2.38. The molecule has 2 aliphatic heterocycles. The van der Waals surface area contributed by atoms with Crippen molar-refractivity contribution in [2.45, 2.75) is 44.1 Å². The second-order valence-electron chi connectivity index (χ2n) is 5.30. The molecule has 4 nitrogen and oxygen atoms in total. The lowest BCUT2D eigenvalue weighted by atomic mass is 9.95. The maximum Gasteiger partial charge on any atom is 0.137 e. The number of hydrogen-bond donors (Lipinski definition) is 1. The first kappa shape index (κ1) is 10.5. The highest BCUT2D eigenvalue weighted by Gasteiger charge is 2.40. The van der Waals surface area contributed by atoms with Crippen molar-refractivity contribution in [2.75, 3.05) is 0 Å². The average Bonchev–Trinajstić information content (AvgIpc) is 3.10. The van der Waals surface area contributed by atoms with Crippen molar-refractivity contribution < 1.29 is 4.74 Å². The summed E-state index contributed by atoms with van der Waals surface area (Å²) in [6.07, 6.45) is 8.70. The van der Waals surface area contributed by atoms with Crippen LogP contribution in [0, 0.1) is 0 Å². The summed E-state index contributed by atoms with van der Waals surface area (Å²) in [6.45, 7) is 0.832. The standard InChI is InChI=1S/C14H17N3O/c1-2-6-17-9-10(16-14(17)3-1)8-15-12-7-11-4-5-13(12)18-11/h1-3,6,9,11-13,15H,4-5,7-8H2. The normalized spacial score (nSPS) is 30.3. The minimum absolute atomic E-state index is 0.437. The molecule has 4 rings (SSSR count). The maximum absolute atomic E-state index is 5.84. The summed E-state index contributed by atoms with van der Waals surface area (Å²) in [5, 5.41) is 3.59. The molecule has 4 heteroatoms. The Hall–Kier alpha value is -1.39. The largest absolute Gasteiger partial charge is 0.373 e. The van der Waals surface area contributed by atoms with Gasteiger partial charge < -0.3 is 14.5 Å². The van der Waals surface area contributed by atoms with E-state index in [9.17, 15) is 0 Å². The molecule has 3 unspecified atom stereocenters. The maximum atomic E-state index is 5.84. The molecule has 1 N–H and O–H groups in total. The highest BCUT2D eigenvalue weighted by molar-refractivity contribution is 5.39. The van der Waals surface area contributed by atoms with E-state index < -0.39 is 0 Å². The first-order valence-corrected chi connectivity index (χ1v) is 6.70. The van der Waals surface area contributed by atoms with E-state index in [4.69, 9.17) is 4.74 Å². The Morgan fingerprint density at radius 2 is 2.39 bits per heavy atom. The zero-order valence-corrected chi connectivity index (χ0v) is 10.2. The molecule has 2 fully saturated rings. The third-order valence-corrected chi connectivity index (χ3v) is 4.07. The van der Waals surface area contributed by atoms with Crippen LogP contribution in [0.15, 0.2) is 30.6 Å². The molecule has 0 amide bonds. The van der Waals surface area contributed by atoms with Crippen LogP contribution in [-0.2, 0) is 11.3 Å². The minimum atomic E-state index is 0.437. The van der Waals surface area contributed by atoms with Gasteiger partial charge in [0.05, 0.1) is 17.9 Å². The van der Waals surface area contributed by atoms with Gasteiger partial charge in [-0.25, -0.2) is 4.98 Å². The van der Waals surface area contributed by atoms with Gasteiger partial charge in [-0.3, -0.25) is 0 Å².